The zero-order chi connectivity index (χ0) is 25.8. The van der Waals surface area contributed by atoms with E-state index in [9.17, 15) is 4.79 Å². The number of ether oxygens (including phenoxy) is 2. The molecule has 2 aromatic carbocycles. The van der Waals surface area contributed by atoms with Crippen LogP contribution < -0.4 is 20.6 Å². The van der Waals surface area contributed by atoms with Gasteiger partial charge in [-0.1, -0.05) is 16.8 Å². The zero-order valence-electron chi connectivity index (χ0n) is 19.9. The molecule has 0 unspecified atom stereocenters. The van der Waals surface area contributed by atoms with Crippen molar-refractivity contribution in [3.8, 4) is 17.3 Å². The Morgan fingerprint density at radius 1 is 1.22 bits per heavy atom. The van der Waals surface area contributed by atoms with Crippen LogP contribution in [0.3, 0.4) is 0 Å². The van der Waals surface area contributed by atoms with E-state index >= 15 is 0 Å². The molecule has 0 bridgehead atoms. The van der Waals surface area contributed by atoms with E-state index in [2.05, 4.69) is 35.8 Å². The molecule has 12 nitrogen and oxygen atoms in total. The second-order valence-electron chi connectivity index (χ2n) is 7.84. The summed E-state index contributed by atoms with van der Waals surface area (Å²) in [5.41, 5.74) is 12.0. The van der Waals surface area contributed by atoms with E-state index in [0.717, 1.165) is 26.4 Å². The number of halogens is 1. The molecule has 0 saturated heterocycles. The third-order valence-corrected chi connectivity index (χ3v) is 5.83. The van der Waals surface area contributed by atoms with E-state index in [-0.39, 0.29) is 23.9 Å². The van der Waals surface area contributed by atoms with Gasteiger partial charge in [-0.15, -0.1) is 5.10 Å². The molecular weight excluding hydrogens is 488 g/mol. The van der Waals surface area contributed by atoms with Crippen molar-refractivity contribution in [1.29, 1.82) is 0 Å². The lowest BCUT2D eigenvalue weighted by atomic mass is 10.1. The monoisotopic (exact) mass is 510 g/mol. The van der Waals surface area contributed by atoms with Gasteiger partial charge in [0.1, 0.15) is 18.1 Å². The molecule has 0 atom stereocenters. The standard InChI is InChI=1S/C23H23ClN8O4/c1-12-7-17(8-13(2)19(12)24)35-11-16-9-15(5-6-18(16)34-4)10-26-28-23(33)20-14(3)27-31-32(20)22-21(25)29-36-30-22/h5-10H,11H2,1-4H3,(H2,25,29)(H,28,33)/b26-10-. The summed E-state index contributed by atoms with van der Waals surface area (Å²) in [6.45, 7) is 5.73. The van der Waals surface area contributed by atoms with Crippen LogP contribution in [0.2, 0.25) is 5.02 Å². The van der Waals surface area contributed by atoms with Crippen molar-refractivity contribution in [3.05, 3.63) is 69.0 Å². The minimum atomic E-state index is -0.568. The molecule has 0 fully saturated rings. The number of nitrogens with two attached hydrogens (primary N) is 1. The smallest absolute Gasteiger partial charge is 0.292 e. The fourth-order valence-corrected chi connectivity index (χ4v) is 3.57. The maximum Gasteiger partial charge on any atom is 0.292 e. The molecule has 0 aliphatic heterocycles. The highest BCUT2D eigenvalue weighted by Crippen LogP contribution is 2.27. The Morgan fingerprint density at radius 2 is 1.97 bits per heavy atom. The quantitative estimate of drug-likeness (QED) is 0.268. The van der Waals surface area contributed by atoms with E-state index in [1.165, 1.54) is 6.21 Å². The Balaban J connectivity index is 1.48. The molecule has 0 aliphatic carbocycles. The molecular formula is C23H23ClN8O4. The van der Waals surface area contributed by atoms with Crippen LogP contribution in [0.15, 0.2) is 40.1 Å². The van der Waals surface area contributed by atoms with E-state index in [4.69, 9.17) is 26.8 Å². The van der Waals surface area contributed by atoms with Crippen molar-refractivity contribution in [2.75, 3.05) is 12.8 Å². The van der Waals surface area contributed by atoms with Gasteiger partial charge in [0, 0.05) is 10.6 Å². The summed E-state index contributed by atoms with van der Waals surface area (Å²) >= 11 is 6.24. The third-order valence-electron chi connectivity index (χ3n) is 5.24. The molecule has 0 aliphatic rings. The first kappa shape index (κ1) is 24.7. The Kier molecular flexibility index (Phi) is 7.15. The number of amides is 1. The molecule has 2 aromatic heterocycles. The highest BCUT2D eigenvalue weighted by atomic mass is 35.5. The normalized spacial score (nSPS) is 11.1. The average molecular weight is 511 g/mol. The van der Waals surface area contributed by atoms with Crippen molar-refractivity contribution in [2.24, 2.45) is 5.10 Å². The number of hydrogen-bond donors (Lipinski definition) is 2. The van der Waals surface area contributed by atoms with Crippen LogP contribution in [0.4, 0.5) is 5.82 Å². The number of benzene rings is 2. The molecule has 186 valence electrons. The Morgan fingerprint density at radius 3 is 2.64 bits per heavy atom. The molecule has 0 spiro atoms. The van der Waals surface area contributed by atoms with Crippen LogP contribution in [-0.4, -0.2) is 44.5 Å². The molecule has 1 amide bonds. The lowest BCUT2D eigenvalue weighted by Gasteiger charge is -2.13. The van der Waals surface area contributed by atoms with Crippen LogP contribution in [0.25, 0.3) is 5.82 Å². The predicted octanol–water partition coefficient (Wildman–Crippen LogP) is 3.16. The SMILES string of the molecule is COc1ccc(/C=N\NC(=O)c2c(C)nnn2-c2nonc2N)cc1COc1cc(C)c(Cl)c(C)c1. The fraction of sp³-hybridized carbons (Fsp3) is 0.217. The average Bonchev–Trinajstić information content (AvgIpc) is 3.45. The molecule has 3 N–H and O–H groups in total. The fourth-order valence-electron chi connectivity index (χ4n) is 3.46. The number of methoxy groups -OCH3 is 1. The van der Waals surface area contributed by atoms with Crippen LogP contribution in [0, 0.1) is 20.8 Å². The molecule has 4 rings (SSSR count). The number of carbonyl (C=O) groups excluding carboxylic acids is 1. The van der Waals surface area contributed by atoms with Gasteiger partial charge in [-0.05, 0) is 78.1 Å². The van der Waals surface area contributed by atoms with E-state index in [1.54, 1.807) is 26.2 Å². The number of aryl methyl sites for hydroxylation is 3. The summed E-state index contributed by atoms with van der Waals surface area (Å²) in [4.78, 5) is 12.8. The van der Waals surface area contributed by atoms with Gasteiger partial charge in [-0.3, -0.25) is 4.79 Å². The highest BCUT2D eigenvalue weighted by molar-refractivity contribution is 6.32. The van der Waals surface area contributed by atoms with E-state index < -0.39 is 5.91 Å². The minimum absolute atomic E-state index is 0.0330. The largest absolute Gasteiger partial charge is 0.496 e. The van der Waals surface area contributed by atoms with Crippen molar-refractivity contribution in [1.82, 2.24) is 30.7 Å². The number of nitrogens with zero attached hydrogens (tertiary/aromatic N) is 6. The van der Waals surface area contributed by atoms with Crippen LogP contribution in [0.5, 0.6) is 11.5 Å². The second-order valence-corrected chi connectivity index (χ2v) is 8.22. The molecule has 2 heterocycles. The number of anilines is 1. The number of hydrogen-bond acceptors (Lipinski definition) is 10. The van der Waals surface area contributed by atoms with Gasteiger partial charge >= 0.3 is 0 Å². The van der Waals surface area contributed by atoms with Gasteiger partial charge < -0.3 is 15.2 Å². The number of hydrazone groups is 1. The minimum Gasteiger partial charge on any atom is -0.496 e. The van der Waals surface area contributed by atoms with Gasteiger partial charge in [0.15, 0.2) is 5.69 Å². The van der Waals surface area contributed by atoms with Crippen LogP contribution >= 0.6 is 11.6 Å². The summed E-state index contributed by atoms with van der Waals surface area (Å²) < 4.78 is 17.1. The number of aromatic nitrogens is 5. The topological polar surface area (TPSA) is 156 Å². The zero-order valence-corrected chi connectivity index (χ0v) is 20.7. The predicted molar refractivity (Wildman–Crippen MR) is 132 cm³/mol. The molecule has 36 heavy (non-hydrogen) atoms. The molecule has 0 saturated carbocycles. The summed E-state index contributed by atoms with van der Waals surface area (Å²) in [6.07, 6.45) is 1.49. The van der Waals surface area contributed by atoms with Crippen LogP contribution in [-0.2, 0) is 6.61 Å². The molecule has 4 aromatic rings. The van der Waals surface area contributed by atoms with E-state index in [1.807, 2.05) is 32.0 Å². The van der Waals surface area contributed by atoms with Gasteiger partial charge in [-0.2, -0.15) is 9.78 Å². The Hall–Kier alpha value is -4.45. The number of nitrogen functional groups attached to an aromatic ring is 1. The maximum atomic E-state index is 12.8. The van der Waals surface area contributed by atoms with Crippen molar-refractivity contribution in [2.45, 2.75) is 27.4 Å². The first-order chi connectivity index (χ1) is 17.3. The van der Waals surface area contributed by atoms with Gasteiger partial charge in [-0.25, -0.2) is 10.1 Å². The van der Waals surface area contributed by atoms with Crippen molar-refractivity contribution in [3.63, 3.8) is 0 Å². The number of rotatable bonds is 8. The molecule has 0 radical (unpaired) electrons. The summed E-state index contributed by atoms with van der Waals surface area (Å²) in [5.74, 6) is 0.806. The summed E-state index contributed by atoms with van der Waals surface area (Å²) in [7, 11) is 1.58. The lowest BCUT2D eigenvalue weighted by molar-refractivity contribution is 0.0946. The van der Waals surface area contributed by atoms with Gasteiger partial charge in [0.2, 0.25) is 11.6 Å². The number of nitrogens with one attached hydrogen (secondary N) is 1. The van der Waals surface area contributed by atoms with E-state index in [0.29, 0.717) is 22.8 Å². The summed E-state index contributed by atoms with van der Waals surface area (Å²) in [5, 5.41) is 19.7. The summed E-state index contributed by atoms with van der Waals surface area (Å²) in [6, 6.07) is 9.21. The first-order valence-corrected chi connectivity index (χ1v) is 11.1. The highest BCUT2D eigenvalue weighted by Gasteiger charge is 2.22. The Labute approximate surface area is 211 Å². The first-order valence-electron chi connectivity index (χ1n) is 10.7. The maximum absolute atomic E-state index is 12.8. The molecule has 13 heteroatoms. The van der Waals surface area contributed by atoms with Crippen molar-refractivity contribution >= 4 is 29.5 Å². The lowest BCUT2D eigenvalue weighted by Crippen LogP contribution is -2.22. The van der Waals surface area contributed by atoms with Gasteiger partial charge in [0.05, 0.1) is 19.0 Å². The number of carbonyl (C=O) groups is 1. The van der Waals surface area contributed by atoms with Gasteiger partial charge in [0.25, 0.3) is 5.91 Å². The van der Waals surface area contributed by atoms with Crippen molar-refractivity contribution < 1.29 is 18.9 Å². The third kappa shape index (κ3) is 5.13. The van der Waals surface area contributed by atoms with Crippen LogP contribution in [0.1, 0.15) is 38.4 Å². The Bertz CT molecular complexity index is 1420. The second kappa shape index (κ2) is 10.4.